The fraction of sp³-hybridized carbons (Fsp3) is 0.556. The van der Waals surface area contributed by atoms with Gasteiger partial charge in [0, 0.05) is 22.9 Å². The maximum Gasteiger partial charge on any atom is 0.263 e. The number of fused-ring (bicyclic) bond motifs is 2. The van der Waals surface area contributed by atoms with Crippen molar-refractivity contribution >= 4 is 113 Å². The molecule has 0 bridgehead atoms. The van der Waals surface area contributed by atoms with Gasteiger partial charge in [0.2, 0.25) is 0 Å². The normalized spacial score (nSPS) is 14.2. The molecule has 4 amide bonds. The maximum absolute atomic E-state index is 14.9. The van der Waals surface area contributed by atoms with Crippen molar-refractivity contribution in [3.63, 3.8) is 0 Å². The largest absolute Gasteiger partial charge is 0.271 e. The lowest BCUT2D eigenvalue weighted by Crippen LogP contribution is -2.47. The molecule has 0 saturated carbocycles. The molecule has 0 atom stereocenters. The van der Waals surface area contributed by atoms with E-state index in [0.29, 0.717) is 43.1 Å². The van der Waals surface area contributed by atoms with Crippen molar-refractivity contribution in [2.24, 2.45) is 0 Å². The van der Waals surface area contributed by atoms with Crippen LogP contribution in [0.3, 0.4) is 0 Å². The summed E-state index contributed by atoms with van der Waals surface area (Å²) in [5.74, 6) is -1.60. The zero-order valence-electron chi connectivity index (χ0n) is 38.5. The predicted molar refractivity (Wildman–Crippen MR) is 270 cm³/mol. The van der Waals surface area contributed by atoms with E-state index in [4.69, 9.17) is 46.4 Å². The van der Waals surface area contributed by atoms with Crippen LogP contribution in [-0.4, -0.2) is 45.5 Å². The Balaban J connectivity index is 1.35. The highest BCUT2D eigenvalue weighted by Gasteiger charge is 2.43. The third kappa shape index (κ3) is 9.38. The molecular weight excluding hydrogens is 882 g/mol. The molecule has 2 aliphatic rings. The Kier molecular flexibility index (Phi) is 16.8. The molecule has 0 aromatic heterocycles. The fourth-order valence-electron chi connectivity index (χ4n) is 10.9. The van der Waals surface area contributed by atoms with Gasteiger partial charge in [-0.1, -0.05) is 203 Å². The van der Waals surface area contributed by atoms with Crippen molar-refractivity contribution in [3.8, 4) is 0 Å². The molecule has 0 unspecified atom stereocenters. The topological polar surface area (TPSA) is 74.8 Å². The second-order valence-electron chi connectivity index (χ2n) is 18.7. The summed E-state index contributed by atoms with van der Waals surface area (Å²) in [6.45, 7) is 8.77. The summed E-state index contributed by atoms with van der Waals surface area (Å²) in [6.07, 6.45) is 24.5. The van der Waals surface area contributed by atoms with Gasteiger partial charge >= 0.3 is 0 Å². The van der Waals surface area contributed by atoms with Crippen LogP contribution in [0.4, 0.5) is 0 Å². The van der Waals surface area contributed by atoms with E-state index in [1.807, 2.05) is 0 Å². The number of unbranched alkanes of at least 4 members (excludes halogenated alkanes) is 16. The number of carbonyl (C=O) groups excluding carboxylic acids is 4. The van der Waals surface area contributed by atoms with Crippen LogP contribution in [0.5, 0.6) is 0 Å². The summed E-state index contributed by atoms with van der Waals surface area (Å²) in [7, 11) is 0. The summed E-state index contributed by atoms with van der Waals surface area (Å²) in [6, 6.07) is 6.58. The molecular formula is C54H66Cl4N2O4. The molecule has 0 radical (unpaired) electrons. The highest BCUT2D eigenvalue weighted by Crippen LogP contribution is 2.52. The molecule has 10 heteroatoms. The van der Waals surface area contributed by atoms with E-state index in [0.717, 1.165) is 154 Å². The van der Waals surface area contributed by atoms with Gasteiger partial charge in [0.25, 0.3) is 23.6 Å². The lowest BCUT2D eigenvalue weighted by molar-refractivity contribution is 0.0501. The quantitative estimate of drug-likeness (QED) is 0.0240. The number of nitrogens with zero attached hydrogens (tertiary/aromatic N) is 2. The van der Waals surface area contributed by atoms with Crippen molar-refractivity contribution in [1.29, 1.82) is 0 Å². The van der Waals surface area contributed by atoms with Crippen LogP contribution in [0, 0.1) is 0 Å². The number of halogens is 4. The number of benzene rings is 5. The Bertz CT molecular complexity index is 2200. The van der Waals surface area contributed by atoms with Gasteiger partial charge in [-0.2, -0.15) is 0 Å². The van der Waals surface area contributed by atoms with Crippen molar-refractivity contribution in [2.45, 2.75) is 194 Å². The molecule has 7 rings (SSSR count). The summed E-state index contributed by atoms with van der Waals surface area (Å²) < 4.78 is 0. The van der Waals surface area contributed by atoms with Crippen molar-refractivity contribution in [2.75, 3.05) is 0 Å². The van der Waals surface area contributed by atoms with Crippen molar-refractivity contribution in [1.82, 2.24) is 9.80 Å². The average Bonchev–Trinajstić information content (AvgIpc) is 3.26. The second-order valence-corrected chi connectivity index (χ2v) is 20.3. The zero-order valence-corrected chi connectivity index (χ0v) is 41.5. The van der Waals surface area contributed by atoms with Crippen LogP contribution in [0.25, 0.3) is 43.1 Å². The molecule has 0 fully saturated rings. The first-order valence-corrected chi connectivity index (χ1v) is 26.3. The van der Waals surface area contributed by atoms with Crippen LogP contribution >= 0.6 is 46.4 Å². The Hall–Kier alpha value is -3.16. The third-order valence-corrected chi connectivity index (χ3v) is 15.4. The molecule has 5 aromatic rings. The minimum absolute atomic E-state index is 0.209. The van der Waals surface area contributed by atoms with Crippen molar-refractivity contribution in [3.05, 3.63) is 66.6 Å². The molecule has 0 saturated heterocycles. The number of rotatable bonds is 26. The molecule has 2 aliphatic heterocycles. The van der Waals surface area contributed by atoms with E-state index in [1.54, 1.807) is 24.3 Å². The molecule has 0 aliphatic carbocycles. The number of imide groups is 2. The lowest BCUT2D eigenvalue weighted by atomic mass is 9.81. The molecule has 0 spiro atoms. The van der Waals surface area contributed by atoms with Crippen molar-refractivity contribution < 1.29 is 19.2 Å². The Labute approximate surface area is 400 Å². The highest BCUT2D eigenvalue weighted by atomic mass is 35.5. The summed E-state index contributed by atoms with van der Waals surface area (Å²) in [5, 5.41) is 5.61. The fourth-order valence-corrected chi connectivity index (χ4v) is 12.0. The summed E-state index contributed by atoms with van der Waals surface area (Å²) in [5.41, 5.74) is 1.07. The minimum Gasteiger partial charge on any atom is -0.271 e. The van der Waals surface area contributed by atoms with E-state index in [9.17, 15) is 19.2 Å². The first-order chi connectivity index (χ1) is 31.0. The molecule has 64 heavy (non-hydrogen) atoms. The number of amides is 4. The van der Waals surface area contributed by atoms with Crippen LogP contribution < -0.4 is 0 Å². The molecule has 2 heterocycles. The molecule has 344 valence electrons. The van der Waals surface area contributed by atoms with Gasteiger partial charge in [-0.15, -0.1) is 0 Å². The first kappa shape index (κ1) is 48.8. The summed E-state index contributed by atoms with van der Waals surface area (Å²) >= 11 is 29.0. The Morgan fingerprint density at radius 2 is 0.562 bits per heavy atom. The van der Waals surface area contributed by atoms with E-state index < -0.39 is 23.6 Å². The Morgan fingerprint density at radius 1 is 0.344 bits per heavy atom. The third-order valence-electron chi connectivity index (χ3n) is 14.2. The monoisotopic (exact) mass is 946 g/mol. The van der Waals surface area contributed by atoms with E-state index >= 15 is 0 Å². The van der Waals surface area contributed by atoms with Crippen LogP contribution in [0.2, 0.25) is 20.1 Å². The van der Waals surface area contributed by atoms with E-state index in [1.165, 1.54) is 9.80 Å². The lowest BCUT2D eigenvalue weighted by Gasteiger charge is -2.36. The van der Waals surface area contributed by atoms with Gasteiger partial charge in [-0.3, -0.25) is 29.0 Å². The highest BCUT2D eigenvalue weighted by molar-refractivity contribution is 6.51. The van der Waals surface area contributed by atoms with Crippen LogP contribution in [-0.2, 0) is 0 Å². The van der Waals surface area contributed by atoms with Gasteiger partial charge in [0.15, 0.2) is 0 Å². The molecule has 0 N–H and O–H groups in total. The number of carbonyl (C=O) groups is 4. The summed E-state index contributed by atoms with van der Waals surface area (Å²) in [4.78, 5) is 62.5. The maximum atomic E-state index is 14.9. The zero-order chi connectivity index (χ0) is 45.7. The number of hydrogen-bond acceptors (Lipinski definition) is 4. The van der Waals surface area contributed by atoms with Gasteiger partial charge in [0.1, 0.15) is 0 Å². The first-order valence-electron chi connectivity index (χ1n) is 24.8. The van der Waals surface area contributed by atoms with Gasteiger partial charge < -0.3 is 0 Å². The van der Waals surface area contributed by atoms with Crippen LogP contribution in [0.1, 0.15) is 223 Å². The number of hydrogen-bond donors (Lipinski definition) is 0. The Morgan fingerprint density at radius 3 is 0.781 bits per heavy atom. The smallest absolute Gasteiger partial charge is 0.263 e. The van der Waals surface area contributed by atoms with Gasteiger partial charge in [-0.05, 0) is 82.3 Å². The predicted octanol–water partition coefficient (Wildman–Crippen LogP) is 17.7. The second kappa shape index (κ2) is 22.1. The van der Waals surface area contributed by atoms with Gasteiger partial charge in [0.05, 0.1) is 42.3 Å². The molecule has 5 aromatic carbocycles. The average molecular weight is 949 g/mol. The molecule has 6 nitrogen and oxygen atoms in total. The minimum atomic E-state index is -0.400. The van der Waals surface area contributed by atoms with E-state index in [-0.39, 0.29) is 54.4 Å². The van der Waals surface area contributed by atoms with Gasteiger partial charge in [-0.25, -0.2) is 0 Å². The van der Waals surface area contributed by atoms with E-state index in [2.05, 4.69) is 27.7 Å². The van der Waals surface area contributed by atoms with Crippen LogP contribution in [0.15, 0.2) is 24.3 Å². The SMILES string of the molecule is CCCCCCCC(CCCCCCC)N1C(=O)c2c(Cl)cc3c4cc(Cl)c5c6c(c(Cl)cc(c7cc(Cl)c(c2c37)C1=O)c64)C(=O)N(C(CCCCCCC)CCCCCCC)C5=O. The standard InChI is InChI=1S/C54H66Cl4N2O4/c1-5-9-13-17-21-25-33(26-22-18-14-10-6-2)59-51(61)45-39(55)29-35-37-31-41(57)47-50-44(37)38(36-30-40(56)46(52(59)62)49(45)43(35)36)32-42(58)48(50)54(64)60(53(47)63)34(27-23-19-15-11-7-3)28-24-20-16-12-8-4/h29-34H,5-28H2,1-4H3.